The summed E-state index contributed by atoms with van der Waals surface area (Å²) in [4.78, 5) is 35.9. The molecular formula is C19H22N4O3. The Hall–Kier alpha value is -2.41. The van der Waals surface area contributed by atoms with Gasteiger partial charge in [-0.05, 0) is 12.1 Å². The highest BCUT2D eigenvalue weighted by Gasteiger charge is 2.66. The summed E-state index contributed by atoms with van der Waals surface area (Å²) in [6.07, 6.45) is 7.31. The first-order valence-electron chi connectivity index (χ1n) is 9.15. The van der Waals surface area contributed by atoms with Gasteiger partial charge in [0, 0.05) is 39.4 Å². The largest absolute Gasteiger partial charge is 0.367 e. The highest BCUT2D eigenvalue weighted by atomic mass is 16.5. The van der Waals surface area contributed by atoms with Crippen LogP contribution in [0.15, 0.2) is 36.7 Å². The fraction of sp³-hybridized carbons (Fsp3) is 0.526. The lowest BCUT2D eigenvalue weighted by atomic mass is 9.76. The SMILES string of the molecule is CN1C[C@]23C=CC(O2)C(C(=O)N2CCN(c4cccnc4)CC2)C3C1=O. The third kappa shape index (κ3) is 2.13. The molecular weight excluding hydrogens is 332 g/mol. The van der Waals surface area contributed by atoms with Crippen LogP contribution in [0.3, 0.4) is 0 Å². The summed E-state index contributed by atoms with van der Waals surface area (Å²) in [6.45, 7) is 3.40. The van der Waals surface area contributed by atoms with Crippen LogP contribution < -0.4 is 4.90 Å². The van der Waals surface area contributed by atoms with Gasteiger partial charge in [0.1, 0.15) is 5.60 Å². The summed E-state index contributed by atoms with van der Waals surface area (Å²) in [5.74, 6) is -0.668. The minimum Gasteiger partial charge on any atom is -0.367 e. The van der Waals surface area contributed by atoms with Crippen molar-refractivity contribution in [3.8, 4) is 0 Å². The minimum atomic E-state index is -0.589. The van der Waals surface area contributed by atoms with E-state index in [1.165, 1.54) is 0 Å². The van der Waals surface area contributed by atoms with E-state index in [4.69, 9.17) is 4.74 Å². The average molecular weight is 354 g/mol. The minimum absolute atomic E-state index is 0.0317. The van der Waals surface area contributed by atoms with Gasteiger partial charge in [0.25, 0.3) is 0 Å². The summed E-state index contributed by atoms with van der Waals surface area (Å²) in [5, 5.41) is 0. The Labute approximate surface area is 152 Å². The van der Waals surface area contributed by atoms with Crippen LogP contribution >= 0.6 is 0 Å². The van der Waals surface area contributed by atoms with Crippen LogP contribution in [0.25, 0.3) is 0 Å². The second-order valence-electron chi connectivity index (χ2n) is 7.62. The second kappa shape index (κ2) is 5.54. The Kier molecular flexibility index (Phi) is 3.37. The molecule has 4 aliphatic heterocycles. The number of hydrogen-bond donors (Lipinski definition) is 0. The van der Waals surface area contributed by atoms with E-state index >= 15 is 0 Å². The number of aromatic nitrogens is 1. The fourth-order valence-corrected chi connectivity index (χ4v) is 4.91. The van der Waals surface area contributed by atoms with Crippen LogP contribution in [0.5, 0.6) is 0 Å². The van der Waals surface area contributed by atoms with E-state index in [1.807, 2.05) is 35.4 Å². The zero-order chi connectivity index (χ0) is 17.9. The first kappa shape index (κ1) is 15.8. The maximum atomic E-state index is 13.2. The van der Waals surface area contributed by atoms with E-state index in [0.29, 0.717) is 19.6 Å². The fourth-order valence-electron chi connectivity index (χ4n) is 4.91. The molecule has 0 aromatic carbocycles. The number of likely N-dealkylation sites (N-methyl/N-ethyl adjacent to an activating group) is 1. The van der Waals surface area contributed by atoms with Crippen molar-refractivity contribution in [3.63, 3.8) is 0 Å². The predicted molar refractivity (Wildman–Crippen MR) is 94.4 cm³/mol. The monoisotopic (exact) mass is 354 g/mol. The summed E-state index contributed by atoms with van der Waals surface area (Å²) in [6, 6.07) is 3.96. The molecule has 0 aliphatic carbocycles. The number of ether oxygens (including phenoxy) is 1. The molecule has 0 radical (unpaired) electrons. The number of pyridine rings is 1. The molecule has 5 heterocycles. The number of nitrogens with zero attached hydrogens (tertiary/aromatic N) is 4. The van der Waals surface area contributed by atoms with E-state index in [9.17, 15) is 9.59 Å². The van der Waals surface area contributed by atoms with Crippen molar-refractivity contribution in [2.45, 2.75) is 11.7 Å². The lowest BCUT2D eigenvalue weighted by molar-refractivity contribution is -0.143. The zero-order valence-electron chi connectivity index (χ0n) is 14.7. The molecule has 26 heavy (non-hydrogen) atoms. The Morgan fingerprint density at radius 2 is 2.12 bits per heavy atom. The molecule has 3 unspecified atom stereocenters. The summed E-state index contributed by atoms with van der Waals surface area (Å²) in [5.41, 5.74) is 0.492. The number of carbonyl (C=O) groups is 2. The van der Waals surface area contributed by atoms with E-state index in [-0.39, 0.29) is 29.8 Å². The van der Waals surface area contributed by atoms with Gasteiger partial charge in [0.15, 0.2) is 0 Å². The van der Waals surface area contributed by atoms with Crippen molar-refractivity contribution in [1.29, 1.82) is 0 Å². The van der Waals surface area contributed by atoms with Crippen LogP contribution in [0.1, 0.15) is 0 Å². The maximum Gasteiger partial charge on any atom is 0.229 e. The molecule has 7 heteroatoms. The molecule has 1 spiro atoms. The molecule has 0 N–H and O–H groups in total. The van der Waals surface area contributed by atoms with Gasteiger partial charge in [0.05, 0.1) is 36.4 Å². The van der Waals surface area contributed by atoms with Crippen molar-refractivity contribution in [1.82, 2.24) is 14.8 Å². The first-order chi connectivity index (χ1) is 12.6. The van der Waals surface area contributed by atoms with Crippen molar-refractivity contribution < 1.29 is 14.3 Å². The number of piperazine rings is 1. The maximum absolute atomic E-state index is 13.2. The molecule has 3 fully saturated rings. The van der Waals surface area contributed by atoms with Crippen molar-refractivity contribution in [3.05, 3.63) is 36.7 Å². The third-order valence-electron chi connectivity index (χ3n) is 6.18. The smallest absolute Gasteiger partial charge is 0.229 e. The topological polar surface area (TPSA) is 66.0 Å². The molecule has 3 saturated heterocycles. The molecule has 4 aliphatic rings. The van der Waals surface area contributed by atoms with Gasteiger partial charge in [-0.2, -0.15) is 0 Å². The highest BCUT2D eigenvalue weighted by Crippen LogP contribution is 2.52. The van der Waals surface area contributed by atoms with Crippen molar-refractivity contribution in [2.24, 2.45) is 11.8 Å². The number of likely N-dealkylation sites (tertiary alicyclic amines) is 1. The Balaban J connectivity index is 1.31. The van der Waals surface area contributed by atoms with Gasteiger partial charge in [-0.25, -0.2) is 0 Å². The highest BCUT2D eigenvalue weighted by molar-refractivity contribution is 5.93. The van der Waals surface area contributed by atoms with Crippen LogP contribution in [-0.4, -0.2) is 78.1 Å². The van der Waals surface area contributed by atoms with E-state index < -0.39 is 5.60 Å². The molecule has 5 rings (SSSR count). The van der Waals surface area contributed by atoms with Gasteiger partial charge in [-0.1, -0.05) is 12.2 Å². The third-order valence-corrected chi connectivity index (χ3v) is 6.18. The van der Waals surface area contributed by atoms with Crippen LogP contribution in [-0.2, 0) is 14.3 Å². The van der Waals surface area contributed by atoms with Crippen molar-refractivity contribution >= 4 is 17.5 Å². The van der Waals surface area contributed by atoms with E-state index in [1.54, 1.807) is 18.1 Å². The molecule has 136 valence electrons. The van der Waals surface area contributed by atoms with Gasteiger partial charge in [0.2, 0.25) is 11.8 Å². The van der Waals surface area contributed by atoms with Gasteiger partial charge < -0.3 is 19.4 Å². The summed E-state index contributed by atoms with van der Waals surface area (Å²) < 4.78 is 6.10. The summed E-state index contributed by atoms with van der Waals surface area (Å²) in [7, 11) is 1.79. The number of anilines is 1. The van der Waals surface area contributed by atoms with Crippen LogP contribution in [0.2, 0.25) is 0 Å². The molecule has 1 aromatic heterocycles. The van der Waals surface area contributed by atoms with Crippen LogP contribution in [0, 0.1) is 11.8 Å². The van der Waals surface area contributed by atoms with E-state index in [2.05, 4.69) is 9.88 Å². The summed E-state index contributed by atoms with van der Waals surface area (Å²) >= 11 is 0. The molecule has 1 aromatic rings. The Morgan fingerprint density at radius 3 is 2.85 bits per heavy atom. The number of carbonyl (C=O) groups excluding carboxylic acids is 2. The number of rotatable bonds is 2. The Bertz CT molecular complexity index is 774. The number of hydrogen-bond acceptors (Lipinski definition) is 5. The molecule has 7 nitrogen and oxygen atoms in total. The Morgan fingerprint density at radius 1 is 1.31 bits per heavy atom. The zero-order valence-corrected chi connectivity index (χ0v) is 14.7. The molecule has 0 saturated carbocycles. The predicted octanol–water partition coefficient (Wildman–Crippen LogP) is 0.142. The van der Waals surface area contributed by atoms with Crippen molar-refractivity contribution in [2.75, 3.05) is 44.7 Å². The normalized spacial score (nSPS) is 35.3. The molecule has 4 atom stereocenters. The lowest BCUT2D eigenvalue weighted by Crippen LogP contribution is -2.53. The van der Waals surface area contributed by atoms with E-state index in [0.717, 1.165) is 18.8 Å². The number of fused-ring (bicyclic) bond motifs is 1. The first-order valence-corrected chi connectivity index (χ1v) is 9.15. The average Bonchev–Trinajstić information content (AvgIpc) is 3.30. The standard InChI is InChI=1S/C19H22N4O3/c1-21-12-19-5-4-14(26-19)15(16(19)18(21)25)17(24)23-9-7-22(8-10-23)13-3-2-6-20-11-13/h2-6,11,14-16H,7-10,12H2,1H3/t14?,15?,16?,19-/m0/s1. The van der Waals surface area contributed by atoms with Gasteiger partial charge in [-0.3, -0.25) is 14.6 Å². The number of amides is 2. The lowest BCUT2D eigenvalue weighted by Gasteiger charge is -2.38. The van der Waals surface area contributed by atoms with Gasteiger partial charge >= 0.3 is 0 Å². The molecule has 2 bridgehead atoms. The molecule has 2 amide bonds. The van der Waals surface area contributed by atoms with Crippen LogP contribution in [0.4, 0.5) is 5.69 Å². The second-order valence-corrected chi connectivity index (χ2v) is 7.62. The van der Waals surface area contributed by atoms with Gasteiger partial charge in [-0.15, -0.1) is 0 Å². The quantitative estimate of drug-likeness (QED) is 0.707.